The third-order valence-electron chi connectivity index (χ3n) is 4.76. The fraction of sp³-hybridized carbons (Fsp3) is 0.562. The highest BCUT2D eigenvalue weighted by atomic mass is 32.2. The highest BCUT2D eigenvalue weighted by molar-refractivity contribution is 7.91. The van der Waals surface area contributed by atoms with Gasteiger partial charge in [-0.05, 0) is 43.0 Å². The molecule has 0 aromatic heterocycles. The van der Waals surface area contributed by atoms with Gasteiger partial charge >= 0.3 is 6.03 Å². The van der Waals surface area contributed by atoms with Crippen molar-refractivity contribution in [2.24, 2.45) is 5.92 Å². The molecule has 0 spiro atoms. The molecule has 1 aromatic carbocycles. The summed E-state index contributed by atoms with van der Waals surface area (Å²) in [6, 6.07) is 6.69. The molecule has 0 radical (unpaired) electrons. The van der Waals surface area contributed by atoms with Crippen molar-refractivity contribution in [3.8, 4) is 5.75 Å². The highest BCUT2D eigenvalue weighted by Gasteiger charge is 2.40. The normalized spacial score (nSPS) is 23.9. The molecule has 6 nitrogen and oxygen atoms in total. The summed E-state index contributed by atoms with van der Waals surface area (Å²) in [6.45, 7) is 0.269. The second-order valence-corrected chi connectivity index (χ2v) is 8.45. The summed E-state index contributed by atoms with van der Waals surface area (Å²) in [5.74, 6) is 1.17. The first kappa shape index (κ1) is 16.1. The molecule has 7 heteroatoms. The number of urea groups is 1. The van der Waals surface area contributed by atoms with Gasteiger partial charge in [0.1, 0.15) is 5.75 Å². The fourth-order valence-electron chi connectivity index (χ4n) is 3.17. The SMILES string of the molecule is COc1ccc(NC(=O)N2CCS(=O)(=O)CC2C2CCC2)cc1. The minimum Gasteiger partial charge on any atom is -0.497 e. The van der Waals surface area contributed by atoms with E-state index in [0.29, 0.717) is 11.6 Å². The first-order chi connectivity index (χ1) is 11.0. The van der Waals surface area contributed by atoms with Crippen molar-refractivity contribution in [1.82, 2.24) is 4.90 Å². The topological polar surface area (TPSA) is 75.7 Å². The van der Waals surface area contributed by atoms with E-state index in [4.69, 9.17) is 4.74 Å². The van der Waals surface area contributed by atoms with Crippen molar-refractivity contribution in [3.05, 3.63) is 24.3 Å². The van der Waals surface area contributed by atoms with Gasteiger partial charge in [-0.15, -0.1) is 0 Å². The minimum absolute atomic E-state index is 0.0479. The number of ether oxygens (including phenoxy) is 1. The van der Waals surface area contributed by atoms with Crippen molar-refractivity contribution in [1.29, 1.82) is 0 Å². The maximum atomic E-state index is 12.6. The van der Waals surface area contributed by atoms with Gasteiger partial charge in [0.2, 0.25) is 0 Å². The molecular formula is C16H22N2O4S. The summed E-state index contributed by atoms with van der Waals surface area (Å²) in [5, 5.41) is 2.86. The van der Waals surface area contributed by atoms with Crippen LogP contribution < -0.4 is 10.1 Å². The smallest absolute Gasteiger partial charge is 0.322 e. The van der Waals surface area contributed by atoms with Gasteiger partial charge in [-0.1, -0.05) is 6.42 Å². The standard InChI is InChI=1S/C16H22N2O4S/c1-22-14-7-5-13(6-8-14)17-16(19)18-9-10-23(20,21)11-15(18)12-3-2-4-12/h5-8,12,15H,2-4,9-11H2,1H3,(H,17,19). The van der Waals surface area contributed by atoms with Crippen molar-refractivity contribution >= 4 is 21.6 Å². The number of carbonyl (C=O) groups is 1. The Balaban J connectivity index is 1.71. The van der Waals surface area contributed by atoms with Crippen LogP contribution in [0, 0.1) is 5.92 Å². The molecule has 1 heterocycles. The van der Waals surface area contributed by atoms with E-state index in [1.54, 1.807) is 36.3 Å². The number of nitrogens with zero attached hydrogens (tertiary/aromatic N) is 1. The Bertz CT molecular complexity index is 668. The summed E-state index contributed by atoms with van der Waals surface area (Å²) in [4.78, 5) is 14.3. The van der Waals surface area contributed by atoms with Crippen LogP contribution in [0.2, 0.25) is 0 Å². The van der Waals surface area contributed by atoms with Gasteiger partial charge in [-0.25, -0.2) is 13.2 Å². The van der Waals surface area contributed by atoms with Crippen LogP contribution in [0.1, 0.15) is 19.3 Å². The predicted molar refractivity (Wildman–Crippen MR) is 88.5 cm³/mol. The Morgan fingerprint density at radius 3 is 2.52 bits per heavy atom. The Labute approximate surface area is 136 Å². The van der Waals surface area contributed by atoms with Crippen LogP contribution in [-0.2, 0) is 9.84 Å². The lowest BCUT2D eigenvalue weighted by Crippen LogP contribution is -2.56. The quantitative estimate of drug-likeness (QED) is 0.916. The summed E-state index contributed by atoms with van der Waals surface area (Å²) < 4.78 is 29.0. The van der Waals surface area contributed by atoms with Gasteiger partial charge in [0.15, 0.2) is 9.84 Å². The molecule has 1 aliphatic carbocycles. The van der Waals surface area contributed by atoms with Gasteiger partial charge < -0.3 is 15.0 Å². The lowest BCUT2D eigenvalue weighted by molar-refractivity contribution is 0.131. The number of hydrogen-bond donors (Lipinski definition) is 1. The van der Waals surface area contributed by atoms with Crippen LogP contribution in [0.3, 0.4) is 0 Å². The molecule has 0 bridgehead atoms. The fourth-order valence-corrected chi connectivity index (χ4v) is 4.79. The Morgan fingerprint density at radius 2 is 1.96 bits per heavy atom. The van der Waals surface area contributed by atoms with E-state index in [-0.39, 0.29) is 30.1 Å². The zero-order chi connectivity index (χ0) is 16.4. The van der Waals surface area contributed by atoms with Gasteiger partial charge in [0.05, 0.1) is 24.7 Å². The monoisotopic (exact) mass is 338 g/mol. The molecule has 1 N–H and O–H groups in total. The Kier molecular flexibility index (Phi) is 4.48. The lowest BCUT2D eigenvalue weighted by Gasteiger charge is -2.43. The second-order valence-electron chi connectivity index (χ2n) is 6.22. The lowest BCUT2D eigenvalue weighted by atomic mass is 9.79. The zero-order valence-electron chi connectivity index (χ0n) is 13.2. The molecule has 2 aliphatic rings. The zero-order valence-corrected chi connectivity index (χ0v) is 14.0. The van der Waals surface area contributed by atoms with Gasteiger partial charge in [-0.2, -0.15) is 0 Å². The third kappa shape index (κ3) is 3.60. The van der Waals surface area contributed by atoms with Crippen molar-refractivity contribution in [2.75, 3.05) is 30.5 Å². The predicted octanol–water partition coefficient (Wildman–Crippen LogP) is 2.13. The van der Waals surface area contributed by atoms with Gasteiger partial charge in [-0.3, -0.25) is 0 Å². The minimum atomic E-state index is -3.04. The summed E-state index contributed by atoms with van der Waals surface area (Å²) in [5.41, 5.74) is 0.677. The average molecular weight is 338 g/mol. The maximum absolute atomic E-state index is 12.6. The van der Waals surface area contributed by atoms with Crippen LogP contribution in [0.5, 0.6) is 5.75 Å². The van der Waals surface area contributed by atoms with Crippen LogP contribution in [-0.4, -0.2) is 50.6 Å². The van der Waals surface area contributed by atoms with E-state index in [0.717, 1.165) is 25.0 Å². The number of benzene rings is 1. The molecule has 1 aromatic rings. The number of methoxy groups -OCH3 is 1. The first-order valence-corrected chi connectivity index (χ1v) is 9.73. The highest BCUT2D eigenvalue weighted by Crippen LogP contribution is 2.34. The van der Waals surface area contributed by atoms with E-state index in [2.05, 4.69) is 5.32 Å². The molecule has 126 valence electrons. The van der Waals surface area contributed by atoms with Crippen molar-refractivity contribution in [3.63, 3.8) is 0 Å². The Hall–Kier alpha value is -1.76. The maximum Gasteiger partial charge on any atom is 0.322 e. The molecule has 1 saturated heterocycles. The van der Waals surface area contributed by atoms with Crippen LogP contribution >= 0.6 is 0 Å². The van der Waals surface area contributed by atoms with E-state index in [1.165, 1.54) is 0 Å². The third-order valence-corrected chi connectivity index (χ3v) is 6.42. The summed E-state index contributed by atoms with van der Waals surface area (Å²) in [7, 11) is -1.45. The number of carbonyl (C=O) groups excluding carboxylic acids is 1. The molecule has 1 saturated carbocycles. The molecular weight excluding hydrogens is 316 g/mol. The molecule has 3 rings (SSSR count). The number of nitrogens with one attached hydrogen (secondary N) is 1. The van der Waals surface area contributed by atoms with E-state index in [1.807, 2.05) is 0 Å². The second kappa shape index (κ2) is 6.39. The number of rotatable bonds is 3. The molecule has 23 heavy (non-hydrogen) atoms. The molecule has 1 unspecified atom stereocenters. The summed E-state index contributed by atoms with van der Waals surface area (Å²) in [6.07, 6.45) is 3.13. The first-order valence-electron chi connectivity index (χ1n) is 7.90. The van der Waals surface area contributed by atoms with E-state index < -0.39 is 9.84 Å². The van der Waals surface area contributed by atoms with E-state index >= 15 is 0 Å². The van der Waals surface area contributed by atoms with E-state index in [9.17, 15) is 13.2 Å². The van der Waals surface area contributed by atoms with Crippen molar-refractivity contribution < 1.29 is 17.9 Å². The summed E-state index contributed by atoms with van der Waals surface area (Å²) >= 11 is 0. The Morgan fingerprint density at radius 1 is 1.26 bits per heavy atom. The van der Waals surface area contributed by atoms with Crippen molar-refractivity contribution in [2.45, 2.75) is 25.3 Å². The van der Waals surface area contributed by atoms with Gasteiger partial charge in [0, 0.05) is 12.2 Å². The van der Waals surface area contributed by atoms with Crippen LogP contribution in [0.25, 0.3) is 0 Å². The molecule has 1 atom stereocenters. The molecule has 1 aliphatic heterocycles. The number of amides is 2. The molecule has 2 fully saturated rings. The van der Waals surface area contributed by atoms with Crippen LogP contribution in [0.15, 0.2) is 24.3 Å². The number of anilines is 1. The number of sulfone groups is 1. The van der Waals surface area contributed by atoms with Gasteiger partial charge in [0.25, 0.3) is 0 Å². The van der Waals surface area contributed by atoms with Crippen LogP contribution in [0.4, 0.5) is 10.5 Å². The average Bonchev–Trinajstić information content (AvgIpc) is 2.45. The number of hydrogen-bond acceptors (Lipinski definition) is 4. The molecule has 2 amide bonds. The largest absolute Gasteiger partial charge is 0.497 e.